The predicted octanol–water partition coefficient (Wildman–Crippen LogP) is 9.45. The Morgan fingerprint density at radius 2 is 1.66 bits per heavy atom. The summed E-state index contributed by atoms with van der Waals surface area (Å²) < 4.78 is 22.5. The highest BCUT2D eigenvalue weighted by molar-refractivity contribution is 6.30. The van der Waals surface area contributed by atoms with Crippen LogP contribution in [0.5, 0.6) is 0 Å². The molecule has 360 valence electrons. The number of hydrogen-bond donors (Lipinski definition) is 2. The average Bonchev–Trinajstić information content (AvgIpc) is 3.72. The number of aromatic nitrogens is 3. The SMILES string of the molecule is C=O.CCCC(C(=O)NC)N(C=O)c1ccc(CCCOCCCCN2CCN(Cc3ccc(-c4cn(C5CCCCC5)c5nc(Nc6cc(F)cc(Cl)c6)ncc45)cc3)CC2)cc1N(C)C. The number of rotatable bonds is 22. The number of nitrogens with zero attached hydrogens (tertiary/aromatic N) is 7. The summed E-state index contributed by atoms with van der Waals surface area (Å²) in [5.41, 5.74) is 7.83. The lowest BCUT2D eigenvalue weighted by Gasteiger charge is -2.34. The van der Waals surface area contributed by atoms with E-state index in [1.54, 1.807) is 18.0 Å². The van der Waals surface area contributed by atoms with E-state index < -0.39 is 11.9 Å². The van der Waals surface area contributed by atoms with Crippen LogP contribution >= 0.6 is 11.6 Å². The second kappa shape index (κ2) is 25.6. The maximum atomic E-state index is 14.1. The first-order valence-corrected chi connectivity index (χ1v) is 24.3. The van der Waals surface area contributed by atoms with Crippen LogP contribution in [0, 0.1) is 5.82 Å². The number of carbonyl (C=O) groups is 3. The topological polar surface area (TPSA) is 128 Å². The third kappa shape index (κ3) is 13.8. The molecule has 2 aromatic heterocycles. The first-order valence-electron chi connectivity index (χ1n) is 23.9. The van der Waals surface area contributed by atoms with Gasteiger partial charge in [-0.25, -0.2) is 9.37 Å². The van der Waals surface area contributed by atoms with Crippen molar-refractivity contribution < 1.29 is 23.5 Å². The summed E-state index contributed by atoms with van der Waals surface area (Å²) in [6, 6.07) is 19.3. The summed E-state index contributed by atoms with van der Waals surface area (Å²) in [5, 5.41) is 7.20. The van der Waals surface area contributed by atoms with Crippen LogP contribution in [0.4, 0.5) is 27.4 Å². The van der Waals surface area contributed by atoms with Crippen molar-refractivity contribution >= 4 is 64.8 Å². The molecule has 7 rings (SSSR count). The van der Waals surface area contributed by atoms with Crippen LogP contribution in [-0.2, 0) is 32.1 Å². The van der Waals surface area contributed by atoms with Crippen molar-refractivity contribution in [2.45, 2.75) is 96.2 Å². The fraction of sp³-hybridized carbons (Fsp3) is 0.481. The molecular weight excluding hydrogens is 869 g/mol. The van der Waals surface area contributed by atoms with Crippen molar-refractivity contribution in [1.82, 2.24) is 29.7 Å². The highest BCUT2D eigenvalue weighted by atomic mass is 35.5. The molecule has 67 heavy (non-hydrogen) atoms. The van der Waals surface area contributed by atoms with Gasteiger partial charge in [-0.15, -0.1) is 0 Å². The molecule has 1 aliphatic heterocycles. The molecule has 2 fully saturated rings. The Morgan fingerprint density at radius 3 is 2.34 bits per heavy atom. The molecule has 2 N–H and O–H groups in total. The largest absolute Gasteiger partial charge is 0.381 e. The third-order valence-electron chi connectivity index (χ3n) is 12.9. The Balaban J connectivity index is 0.00000365. The summed E-state index contributed by atoms with van der Waals surface area (Å²) in [6.45, 7) is 11.8. The molecule has 1 unspecified atom stereocenters. The van der Waals surface area contributed by atoms with Gasteiger partial charge in [-0.1, -0.05) is 74.5 Å². The number of benzene rings is 3. The molecular formula is C52H69ClFN9O4. The molecule has 0 spiro atoms. The van der Waals surface area contributed by atoms with Crippen LogP contribution in [0.3, 0.4) is 0 Å². The molecule has 0 radical (unpaired) electrons. The maximum absolute atomic E-state index is 14.1. The highest BCUT2D eigenvalue weighted by Gasteiger charge is 2.27. The Bertz CT molecular complexity index is 2330. The van der Waals surface area contributed by atoms with E-state index in [0.29, 0.717) is 35.7 Å². The fourth-order valence-corrected chi connectivity index (χ4v) is 9.61. The molecule has 0 bridgehead atoms. The zero-order valence-electron chi connectivity index (χ0n) is 39.8. The van der Waals surface area contributed by atoms with Crippen LogP contribution < -0.4 is 20.4 Å². The standard InChI is InChI=1S/C51H67ClFN9O3.CH2O/c1-5-12-47(50(64)54-2)62(36-63)46-21-18-37(29-48(46)58(3)4)13-11-28-65-27-10-9-22-59-23-25-60(26-24-59)34-38-16-19-39(20-17-38)45-35-61(43-14-7-6-8-15-43)49-44(45)33-55-51(57-49)56-42-31-40(52)30-41(53)32-42;1-2/h16-21,29-33,35-36,43,47H,5-15,22-28,34H2,1-4H3,(H,54,64)(H,55,56,57);1H2. The Morgan fingerprint density at radius 1 is 0.940 bits per heavy atom. The van der Waals surface area contributed by atoms with E-state index in [1.807, 2.05) is 45.0 Å². The van der Waals surface area contributed by atoms with E-state index in [-0.39, 0.29) is 5.91 Å². The Labute approximate surface area is 401 Å². The molecule has 1 atom stereocenters. The number of carbonyl (C=O) groups excluding carboxylic acids is 3. The molecule has 15 heteroatoms. The van der Waals surface area contributed by atoms with E-state index >= 15 is 0 Å². The van der Waals surface area contributed by atoms with Gasteiger partial charge in [0.2, 0.25) is 18.3 Å². The zero-order valence-corrected chi connectivity index (χ0v) is 40.6. The van der Waals surface area contributed by atoms with Gasteiger partial charge in [0.15, 0.2) is 0 Å². The number of aryl methyl sites for hydroxylation is 1. The van der Waals surface area contributed by atoms with Gasteiger partial charge in [-0.2, -0.15) is 4.98 Å². The summed E-state index contributed by atoms with van der Waals surface area (Å²) in [7, 11) is 5.54. The van der Waals surface area contributed by atoms with E-state index in [9.17, 15) is 14.0 Å². The number of likely N-dealkylation sites (N-methyl/N-ethyl adjacent to an activating group) is 1. The average molecular weight is 939 g/mol. The monoisotopic (exact) mass is 938 g/mol. The van der Waals surface area contributed by atoms with Crippen molar-refractivity contribution in [1.29, 1.82) is 0 Å². The van der Waals surface area contributed by atoms with Crippen LogP contribution in [0.2, 0.25) is 5.02 Å². The van der Waals surface area contributed by atoms with Gasteiger partial charge >= 0.3 is 0 Å². The van der Waals surface area contributed by atoms with Gasteiger partial charge in [0.1, 0.15) is 24.3 Å². The van der Waals surface area contributed by atoms with Crippen molar-refractivity contribution in [2.75, 3.05) is 82.2 Å². The molecule has 3 aromatic carbocycles. The first kappa shape index (κ1) is 51.0. The van der Waals surface area contributed by atoms with Crippen molar-refractivity contribution in [3.05, 3.63) is 95.0 Å². The molecule has 5 aromatic rings. The predicted molar refractivity (Wildman–Crippen MR) is 269 cm³/mol. The van der Waals surface area contributed by atoms with E-state index in [2.05, 4.69) is 72.6 Å². The molecule has 1 saturated heterocycles. The number of halogens is 2. The molecule has 1 aliphatic carbocycles. The quantitative estimate of drug-likeness (QED) is 0.0512. The van der Waals surface area contributed by atoms with E-state index in [1.165, 1.54) is 42.5 Å². The second-order valence-electron chi connectivity index (χ2n) is 17.8. The van der Waals surface area contributed by atoms with Gasteiger partial charge in [0, 0.05) is 107 Å². The molecule has 2 amide bonds. The number of nitrogens with one attached hydrogen (secondary N) is 2. The molecule has 13 nitrogen and oxygen atoms in total. The van der Waals surface area contributed by atoms with E-state index in [4.69, 9.17) is 26.1 Å². The maximum Gasteiger partial charge on any atom is 0.242 e. The lowest BCUT2D eigenvalue weighted by atomic mass is 9.95. The smallest absolute Gasteiger partial charge is 0.242 e. The lowest BCUT2D eigenvalue weighted by Crippen LogP contribution is -2.46. The first-order chi connectivity index (χ1) is 32.6. The van der Waals surface area contributed by atoms with Gasteiger partial charge in [0.05, 0.1) is 11.4 Å². The minimum atomic E-state index is -0.547. The van der Waals surface area contributed by atoms with Gasteiger partial charge in [-0.3, -0.25) is 14.5 Å². The number of unbranched alkanes of at least 4 members (excludes halogenated alkanes) is 1. The summed E-state index contributed by atoms with van der Waals surface area (Å²) in [4.78, 5) is 51.2. The number of hydrogen-bond acceptors (Lipinski definition) is 10. The molecule has 2 aliphatic rings. The Hall–Kier alpha value is -5.41. The van der Waals surface area contributed by atoms with Crippen LogP contribution in [0.25, 0.3) is 22.2 Å². The van der Waals surface area contributed by atoms with Crippen molar-refractivity contribution in [3.8, 4) is 11.1 Å². The second-order valence-corrected chi connectivity index (χ2v) is 18.3. The molecule has 3 heterocycles. The van der Waals surface area contributed by atoms with Crippen LogP contribution in [-0.4, -0.2) is 117 Å². The van der Waals surface area contributed by atoms with Crippen molar-refractivity contribution in [3.63, 3.8) is 0 Å². The minimum Gasteiger partial charge on any atom is -0.381 e. The number of anilines is 4. The third-order valence-corrected chi connectivity index (χ3v) is 13.1. The summed E-state index contributed by atoms with van der Waals surface area (Å²) in [5.74, 6) is -0.154. The number of ether oxygens (including phenoxy) is 1. The van der Waals surface area contributed by atoms with Gasteiger partial charge in [0.25, 0.3) is 0 Å². The van der Waals surface area contributed by atoms with Gasteiger partial charge in [-0.05, 0) is 98.5 Å². The number of fused-ring (bicyclic) bond motifs is 1. The number of piperazine rings is 1. The van der Waals surface area contributed by atoms with Crippen LogP contribution in [0.15, 0.2) is 73.1 Å². The Kier molecular flexibility index (Phi) is 19.5. The zero-order chi connectivity index (χ0) is 47.7. The highest BCUT2D eigenvalue weighted by Crippen LogP contribution is 2.37. The fourth-order valence-electron chi connectivity index (χ4n) is 9.39. The van der Waals surface area contributed by atoms with Crippen LogP contribution in [0.1, 0.15) is 88.3 Å². The van der Waals surface area contributed by atoms with E-state index in [0.717, 1.165) is 131 Å². The normalized spacial score (nSPS) is 15.1. The minimum absolute atomic E-state index is 0.159. The van der Waals surface area contributed by atoms with Crippen molar-refractivity contribution in [2.24, 2.45) is 0 Å². The number of amides is 2. The summed E-state index contributed by atoms with van der Waals surface area (Å²) in [6.07, 6.45) is 16.2. The summed E-state index contributed by atoms with van der Waals surface area (Å²) >= 11 is 6.12. The molecule has 1 saturated carbocycles. The van der Waals surface area contributed by atoms with Gasteiger partial charge < -0.3 is 39.4 Å². The lowest BCUT2D eigenvalue weighted by molar-refractivity contribution is -0.123.